The lowest BCUT2D eigenvalue weighted by Gasteiger charge is -2.39. The van der Waals surface area contributed by atoms with Gasteiger partial charge in [0, 0.05) is 0 Å². The van der Waals surface area contributed by atoms with Crippen LogP contribution in [-0.2, 0) is 9.53 Å². The molecule has 3 heteroatoms. The van der Waals surface area contributed by atoms with Crippen molar-refractivity contribution < 1.29 is 14.6 Å². The maximum absolute atomic E-state index is 10.5. The summed E-state index contributed by atoms with van der Waals surface area (Å²) in [5.41, 5.74) is 0. The standard InChI is InChI=1S/C9H16O3/c1-5-6(2)9(11)8(4-10)12-7(5)3/h4-9,11H,1-3H3. The number of carbonyl (C=O) groups excluding carboxylic acids is 1. The Balaban J connectivity index is 2.70. The van der Waals surface area contributed by atoms with Crippen LogP contribution in [0.25, 0.3) is 0 Å². The zero-order valence-corrected chi connectivity index (χ0v) is 7.73. The van der Waals surface area contributed by atoms with E-state index in [0.717, 1.165) is 0 Å². The molecule has 1 saturated heterocycles. The molecule has 0 aromatic heterocycles. The summed E-state index contributed by atoms with van der Waals surface area (Å²) in [4.78, 5) is 10.5. The monoisotopic (exact) mass is 172 g/mol. The minimum absolute atomic E-state index is 0.0543. The first-order chi connectivity index (χ1) is 5.57. The maximum Gasteiger partial charge on any atom is 0.151 e. The summed E-state index contributed by atoms with van der Waals surface area (Å²) in [6, 6.07) is 0. The lowest BCUT2D eigenvalue weighted by atomic mass is 9.82. The highest BCUT2D eigenvalue weighted by atomic mass is 16.5. The van der Waals surface area contributed by atoms with Crippen molar-refractivity contribution >= 4 is 6.29 Å². The summed E-state index contributed by atoms with van der Waals surface area (Å²) in [6.07, 6.45) is -0.540. The third kappa shape index (κ3) is 1.52. The van der Waals surface area contributed by atoms with Gasteiger partial charge in [-0.2, -0.15) is 0 Å². The Bertz CT molecular complexity index is 169. The zero-order valence-electron chi connectivity index (χ0n) is 7.73. The lowest BCUT2D eigenvalue weighted by molar-refractivity contribution is -0.166. The van der Waals surface area contributed by atoms with Gasteiger partial charge in [0.1, 0.15) is 6.10 Å². The van der Waals surface area contributed by atoms with Gasteiger partial charge in [-0.05, 0) is 18.8 Å². The number of rotatable bonds is 1. The molecule has 1 N–H and O–H groups in total. The molecular formula is C9H16O3. The second-order valence-electron chi connectivity index (χ2n) is 3.65. The third-order valence-electron chi connectivity index (χ3n) is 2.95. The molecule has 0 radical (unpaired) electrons. The SMILES string of the molecule is CC1OC(C=O)C(O)C(C)C1C. The summed E-state index contributed by atoms with van der Waals surface area (Å²) in [5, 5.41) is 9.57. The lowest BCUT2D eigenvalue weighted by Crippen LogP contribution is -2.48. The van der Waals surface area contributed by atoms with Crippen LogP contribution in [0.5, 0.6) is 0 Å². The van der Waals surface area contributed by atoms with Crippen molar-refractivity contribution in [2.75, 3.05) is 0 Å². The highest BCUT2D eigenvalue weighted by Crippen LogP contribution is 2.29. The van der Waals surface area contributed by atoms with Gasteiger partial charge in [0.2, 0.25) is 0 Å². The molecule has 5 unspecified atom stereocenters. The number of aliphatic hydroxyl groups excluding tert-OH is 1. The van der Waals surface area contributed by atoms with E-state index in [2.05, 4.69) is 0 Å². The van der Waals surface area contributed by atoms with Gasteiger partial charge in [-0.25, -0.2) is 0 Å². The fraction of sp³-hybridized carbons (Fsp3) is 0.889. The Morgan fingerprint density at radius 2 is 1.83 bits per heavy atom. The summed E-state index contributed by atoms with van der Waals surface area (Å²) in [7, 11) is 0. The predicted octanol–water partition coefficient (Wildman–Crippen LogP) is 0.606. The van der Waals surface area contributed by atoms with Crippen LogP contribution >= 0.6 is 0 Å². The summed E-state index contributed by atoms with van der Waals surface area (Å²) >= 11 is 0. The Morgan fingerprint density at radius 1 is 1.25 bits per heavy atom. The van der Waals surface area contributed by atoms with Crippen LogP contribution in [0.3, 0.4) is 0 Å². The summed E-state index contributed by atoms with van der Waals surface area (Å²) < 4.78 is 5.31. The number of hydrogen-bond donors (Lipinski definition) is 1. The molecular weight excluding hydrogens is 156 g/mol. The molecule has 1 aliphatic heterocycles. The zero-order chi connectivity index (χ0) is 9.30. The van der Waals surface area contributed by atoms with Crippen LogP contribution in [-0.4, -0.2) is 29.7 Å². The molecule has 1 rings (SSSR count). The van der Waals surface area contributed by atoms with Crippen molar-refractivity contribution in [3.05, 3.63) is 0 Å². The van der Waals surface area contributed by atoms with Gasteiger partial charge in [-0.15, -0.1) is 0 Å². The van der Waals surface area contributed by atoms with Crippen molar-refractivity contribution in [2.45, 2.75) is 39.1 Å². The second-order valence-corrected chi connectivity index (χ2v) is 3.65. The van der Waals surface area contributed by atoms with Gasteiger partial charge < -0.3 is 14.6 Å². The predicted molar refractivity (Wildman–Crippen MR) is 44.7 cm³/mol. The molecule has 3 nitrogen and oxygen atoms in total. The first-order valence-electron chi connectivity index (χ1n) is 4.36. The van der Waals surface area contributed by atoms with Crippen molar-refractivity contribution in [3.63, 3.8) is 0 Å². The molecule has 0 aromatic carbocycles. The van der Waals surface area contributed by atoms with Crippen LogP contribution in [0.1, 0.15) is 20.8 Å². The quantitative estimate of drug-likeness (QED) is 0.589. The number of ether oxygens (including phenoxy) is 1. The minimum Gasteiger partial charge on any atom is -0.390 e. The van der Waals surface area contributed by atoms with E-state index in [1.165, 1.54) is 0 Å². The van der Waals surface area contributed by atoms with Crippen molar-refractivity contribution in [3.8, 4) is 0 Å². The molecule has 1 fully saturated rings. The van der Waals surface area contributed by atoms with Gasteiger partial charge >= 0.3 is 0 Å². The fourth-order valence-electron chi connectivity index (χ4n) is 1.60. The first-order valence-corrected chi connectivity index (χ1v) is 4.36. The molecule has 1 heterocycles. The molecule has 0 spiro atoms. The Labute approximate surface area is 72.7 Å². The molecule has 1 aliphatic rings. The third-order valence-corrected chi connectivity index (χ3v) is 2.95. The fourth-order valence-corrected chi connectivity index (χ4v) is 1.60. The van der Waals surface area contributed by atoms with Crippen LogP contribution < -0.4 is 0 Å². The van der Waals surface area contributed by atoms with Crippen LogP contribution in [0.2, 0.25) is 0 Å². The number of aliphatic hydroxyl groups is 1. The summed E-state index contributed by atoms with van der Waals surface area (Å²) in [5.74, 6) is 0.431. The number of hydrogen-bond acceptors (Lipinski definition) is 3. The number of carbonyl (C=O) groups is 1. The van der Waals surface area contributed by atoms with Gasteiger partial charge in [0.25, 0.3) is 0 Å². The smallest absolute Gasteiger partial charge is 0.151 e. The van der Waals surface area contributed by atoms with Crippen molar-refractivity contribution in [2.24, 2.45) is 11.8 Å². The summed E-state index contributed by atoms with van der Waals surface area (Å²) in [6.45, 7) is 5.91. The van der Waals surface area contributed by atoms with Crippen LogP contribution in [0.4, 0.5) is 0 Å². The maximum atomic E-state index is 10.5. The van der Waals surface area contributed by atoms with E-state index >= 15 is 0 Å². The van der Waals surface area contributed by atoms with Gasteiger partial charge in [0.05, 0.1) is 12.2 Å². The Kier molecular flexibility index (Phi) is 2.85. The molecule has 0 amide bonds. The van der Waals surface area contributed by atoms with Crippen molar-refractivity contribution in [1.82, 2.24) is 0 Å². The highest BCUT2D eigenvalue weighted by molar-refractivity contribution is 5.57. The van der Waals surface area contributed by atoms with E-state index in [4.69, 9.17) is 4.74 Å². The molecule has 70 valence electrons. The Hall–Kier alpha value is -0.410. The normalized spacial score (nSPS) is 48.8. The molecule has 0 saturated carbocycles. The Morgan fingerprint density at radius 3 is 2.33 bits per heavy atom. The van der Waals surface area contributed by atoms with E-state index in [0.29, 0.717) is 12.2 Å². The molecule has 5 atom stereocenters. The van der Waals surface area contributed by atoms with E-state index in [1.54, 1.807) is 0 Å². The topological polar surface area (TPSA) is 46.5 Å². The molecule has 0 bridgehead atoms. The van der Waals surface area contributed by atoms with Crippen LogP contribution in [0.15, 0.2) is 0 Å². The molecule has 0 aliphatic carbocycles. The largest absolute Gasteiger partial charge is 0.390 e. The first kappa shape index (κ1) is 9.68. The van der Waals surface area contributed by atoms with E-state index < -0.39 is 12.2 Å². The molecule has 12 heavy (non-hydrogen) atoms. The van der Waals surface area contributed by atoms with Crippen LogP contribution in [0, 0.1) is 11.8 Å². The molecule has 0 aromatic rings. The van der Waals surface area contributed by atoms with Gasteiger partial charge in [-0.3, -0.25) is 0 Å². The highest BCUT2D eigenvalue weighted by Gasteiger charge is 2.38. The van der Waals surface area contributed by atoms with E-state index in [9.17, 15) is 9.90 Å². The van der Waals surface area contributed by atoms with E-state index in [1.807, 2.05) is 20.8 Å². The average Bonchev–Trinajstić information content (AvgIpc) is 2.08. The number of aldehydes is 1. The van der Waals surface area contributed by atoms with E-state index in [-0.39, 0.29) is 12.0 Å². The minimum atomic E-state index is -0.645. The van der Waals surface area contributed by atoms with Gasteiger partial charge in [0.15, 0.2) is 6.29 Å². The second kappa shape index (κ2) is 3.54. The van der Waals surface area contributed by atoms with Crippen molar-refractivity contribution in [1.29, 1.82) is 0 Å². The average molecular weight is 172 g/mol. The van der Waals surface area contributed by atoms with Gasteiger partial charge in [-0.1, -0.05) is 13.8 Å².